The molecule has 0 atom stereocenters. The Morgan fingerprint density at radius 2 is 1.86 bits per heavy atom. The lowest BCUT2D eigenvalue weighted by Gasteiger charge is -2.08. The van der Waals surface area contributed by atoms with Crippen LogP contribution in [0.3, 0.4) is 0 Å². The highest BCUT2D eigenvalue weighted by atomic mass is 16.5. The van der Waals surface area contributed by atoms with Gasteiger partial charge in [0.2, 0.25) is 0 Å². The minimum absolute atomic E-state index is 0.302. The van der Waals surface area contributed by atoms with Crippen molar-refractivity contribution in [1.29, 1.82) is 0 Å². The molecule has 1 amide bonds. The highest BCUT2D eigenvalue weighted by Crippen LogP contribution is 2.11. The van der Waals surface area contributed by atoms with Crippen LogP contribution >= 0.6 is 0 Å². The van der Waals surface area contributed by atoms with Gasteiger partial charge in [-0.05, 0) is 43.2 Å². The number of hydrogen-bond acceptors (Lipinski definition) is 3. The van der Waals surface area contributed by atoms with E-state index in [0.29, 0.717) is 11.3 Å². The first-order valence-corrected chi connectivity index (χ1v) is 7.21. The lowest BCUT2D eigenvalue weighted by molar-refractivity contribution is -0.119. The fraction of sp³-hybridized carbons (Fsp3) is 0.222. The van der Waals surface area contributed by atoms with Crippen molar-refractivity contribution in [3.63, 3.8) is 0 Å². The molecular weight excluding hydrogens is 278 g/mol. The first kappa shape index (κ1) is 15.8. The zero-order chi connectivity index (χ0) is 15.9. The minimum atomic E-state index is -0.499. The van der Waals surface area contributed by atoms with Crippen LogP contribution in [-0.4, -0.2) is 18.5 Å². The molecule has 4 heteroatoms. The van der Waals surface area contributed by atoms with Crippen LogP contribution in [-0.2, 0) is 16.0 Å². The molecule has 114 valence electrons. The number of hydrogen-bond donors (Lipinski definition) is 1. The van der Waals surface area contributed by atoms with E-state index < -0.39 is 5.97 Å². The van der Waals surface area contributed by atoms with Gasteiger partial charge in [0.15, 0.2) is 6.61 Å². The molecule has 0 aromatic heterocycles. The smallest absolute Gasteiger partial charge is 0.338 e. The third-order valence-corrected chi connectivity index (χ3v) is 3.21. The van der Waals surface area contributed by atoms with E-state index in [1.807, 2.05) is 38.1 Å². The van der Waals surface area contributed by atoms with E-state index in [1.54, 1.807) is 24.3 Å². The summed E-state index contributed by atoms with van der Waals surface area (Å²) in [7, 11) is 0. The van der Waals surface area contributed by atoms with Crippen LogP contribution in [0.5, 0.6) is 0 Å². The van der Waals surface area contributed by atoms with Gasteiger partial charge in [-0.15, -0.1) is 0 Å². The summed E-state index contributed by atoms with van der Waals surface area (Å²) in [5.41, 5.74) is 3.25. The largest absolute Gasteiger partial charge is 0.452 e. The minimum Gasteiger partial charge on any atom is -0.452 e. The summed E-state index contributed by atoms with van der Waals surface area (Å²) in [6.45, 7) is 3.64. The summed E-state index contributed by atoms with van der Waals surface area (Å²) in [6, 6.07) is 14.6. The molecule has 0 heterocycles. The number of amides is 1. The predicted octanol–water partition coefficient (Wildman–Crippen LogP) is 3.35. The molecule has 0 aliphatic heterocycles. The van der Waals surface area contributed by atoms with Crippen LogP contribution in [0.15, 0.2) is 48.5 Å². The van der Waals surface area contributed by atoms with Crippen molar-refractivity contribution in [3.05, 3.63) is 65.2 Å². The zero-order valence-corrected chi connectivity index (χ0v) is 12.8. The summed E-state index contributed by atoms with van der Waals surface area (Å²) in [5, 5.41) is 2.72. The molecule has 0 unspecified atom stereocenters. The second kappa shape index (κ2) is 7.41. The van der Waals surface area contributed by atoms with Gasteiger partial charge in [0.25, 0.3) is 5.91 Å². The Balaban J connectivity index is 1.88. The van der Waals surface area contributed by atoms with Crippen molar-refractivity contribution in [3.8, 4) is 0 Å². The fourth-order valence-corrected chi connectivity index (χ4v) is 2.05. The zero-order valence-electron chi connectivity index (χ0n) is 12.8. The second-order valence-corrected chi connectivity index (χ2v) is 5.05. The maximum atomic E-state index is 11.9. The van der Waals surface area contributed by atoms with Crippen molar-refractivity contribution in [1.82, 2.24) is 0 Å². The number of anilines is 1. The van der Waals surface area contributed by atoms with Crippen LogP contribution in [0.25, 0.3) is 0 Å². The Kier molecular flexibility index (Phi) is 5.31. The average Bonchev–Trinajstić information content (AvgIpc) is 2.52. The Morgan fingerprint density at radius 3 is 2.59 bits per heavy atom. The van der Waals surface area contributed by atoms with Crippen LogP contribution in [0.1, 0.15) is 28.4 Å². The first-order valence-electron chi connectivity index (χ1n) is 7.21. The number of carbonyl (C=O) groups excluding carboxylic acids is 2. The van der Waals surface area contributed by atoms with Gasteiger partial charge < -0.3 is 10.1 Å². The molecule has 4 nitrogen and oxygen atoms in total. The Labute approximate surface area is 130 Å². The fourth-order valence-electron chi connectivity index (χ4n) is 2.05. The normalized spacial score (nSPS) is 10.1. The number of rotatable bonds is 5. The highest BCUT2D eigenvalue weighted by molar-refractivity contribution is 5.95. The lowest BCUT2D eigenvalue weighted by atomic mass is 10.1. The molecule has 0 saturated heterocycles. The molecule has 0 fully saturated rings. The number of esters is 1. The monoisotopic (exact) mass is 297 g/mol. The summed E-state index contributed by atoms with van der Waals surface area (Å²) in [5.74, 6) is -0.851. The molecule has 0 saturated carbocycles. The molecular formula is C18H19NO3. The Morgan fingerprint density at radius 1 is 1.09 bits per heavy atom. The van der Waals surface area contributed by atoms with Gasteiger partial charge in [-0.3, -0.25) is 4.79 Å². The van der Waals surface area contributed by atoms with E-state index in [1.165, 1.54) is 0 Å². The number of benzene rings is 2. The van der Waals surface area contributed by atoms with Gasteiger partial charge in [0.05, 0.1) is 5.56 Å². The van der Waals surface area contributed by atoms with Gasteiger partial charge in [-0.1, -0.05) is 36.8 Å². The van der Waals surface area contributed by atoms with Gasteiger partial charge in [0, 0.05) is 5.69 Å². The number of ether oxygens (including phenoxy) is 1. The second-order valence-electron chi connectivity index (χ2n) is 5.05. The van der Waals surface area contributed by atoms with Crippen molar-refractivity contribution in [2.24, 2.45) is 0 Å². The van der Waals surface area contributed by atoms with Gasteiger partial charge in [-0.25, -0.2) is 4.79 Å². The molecule has 2 aromatic rings. The summed E-state index contributed by atoms with van der Waals surface area (Å²) >= 11 is 0. The van der Waals surface area contributed by atoms with E-state index in [0.717, 1.165) is 17.5 Å². The molecule has 2 rings (SSSR count). The SMILES string of the molecule is CCc1cccc(NC(=O)COC(=O)c2cccc(C)c2)c1. The molecule has 1 N–H and O–H groups in total. The third kappa shape index (κ3) is 4.45. The average molecular weight is 297 g/mol. The van der Waals surface area contributed by atoms with E-state index >= 15 is 0 Å². The van der Waals surface area contributed by atoms with E-state index in [-0.39, 0.29) is 12.5 Å². The molecule has 0 bridgehead atoms. The van der Waals surface area contributed by atoms with Crippen LogP contribution in [0.2, 0.25) is 0 Å². The van der Waals surface area contributed by atoms with Gasteiger partial charge in [-0.2, -0.15) is 0 Å². The number of aryl methyl sites for hydroxylation is 2. The summed E-state index contributed by atoms with van der Waals surface area (Å²) in [4.78, 5) is 23.7. The summed E-state index contributed by atoms with van der Waals surface area (Å²) < 4.78 is 5.02. The molecule has 0 radical (unpaired) electrons. The molecule has 0 aliphatic carbocycles. The van der Waals surface area contributed by atoms with Crippen molar-refractivity contribution in [2.75, 3.05) is 11.9 Å². The maximum Gasteiger partial charge on any atom is 0.338 e. The van der Waals surface area contributed by atoms with Gasteiger partial charge >= 0.3 is 5.97 Å². The van der Waals surface area contributed by atoms with Crippen molar-refractivity contribution in [2.45, 2.75) is 20.3 Å². The molecule has 0 aliphatic rings. The van der Waals surface area contributed by atoms with Crippen LogP contribution in [0.4, 0.5) is 5.69 Å². The lowest BCUT2D eigenvalue weighted by Crippen LogP contribution is -2.21. The third-order valence-electron chi connectivity index (χ3n) is 3.21. The predicted molar refractivity (Wildman–Crippen MR) is 85.9 cm³/mol. The summed E-state index contributed by atoms with van der Waals surface area (Å²) in [6.07, 6.45) is 0.895. The van der Waals surface area contributed by atoms with Crippen molar-refractivity contribution >= 4 is 17.6 Å². The van der Waals surface area contributed by atoms with Crippen molar-refractivity contribution < 1.29 is 14.3 Å². The first-order chi connectivity index (χ1) is 10.6. The van der Waals surface area contributed by atoms with Gasteiger partial charge in [0.1, 0.15) is 0 Å². The topological polar surface area (TPSA) is 55.4 Å². The van der Waals surface area contributed by atoms with E-state index in [9.17, 15) is 9.59 Å². The molecule has 22 heavy (non-hydrogen) atoms. The Bertz CT molecular complexity index is 680. The van der Waals surface area contributed by atoms with E-state index in [4.69, 9.17) is 4.74 Å². The molecule has 2 aromatic carbocycles. The molecule has 0 spiro atoms. The highest BCUT2D eigenvalue weighted by Gasteiger charge is 2.10. The number of nitrogens with one attached hydrogen (secondary N) is 1. The van der Waals surface area contributed by atoms with Crippen LogP contribution in [0, 0.1) is 6.92 Å². The maximum absolute atomic E-state index is 11.9. The standard InChI is InChI=1S/C18H19NO3/c1-3-14-7-5-9-16(11-14)19-17(20)12-22-18(21)15-8-4-6-13(2)10-15/h4-11H,3,12H2,1-2H3,(H,19,20). The quantitative estimate of drug-likeness (QED) is 0.861. The van der Waals surface area contributed by atoms with E-state index in [2.05, 4.69) is 5.32 Å². The van der Waals surface area contributed by atoms with Crippen LogP contribution < -0.4 is 5.32 Å². The Hall–Kier alpha value is -2.62. The number of carbonyl (C=O) groups is 2.